The third kappa shape index (κ3) is 3.22. The largest absolute Gasteiger partial charge is 0.385 e. The number of carbonyl (C=O) groups excluding carboxylic acids is 1. The van der Waals surface area contributed by atoms with E-state index in [0.717, 1.165) is 17.9 Å². The number of amides is 1. The molecular formula is C12H19N3O. The number of rotatable bonds is 4. The van der Waals surface area contributed by atoms with Gasteiger partial charge in [-0.05, 0) is 33.8 Å². The number of pyridine rings is 1. The van der Waals surface area contributed by atoms with Crippen molar-refractivity contribution in [2.45, 2.75) is 33.7 Å². The van der Waals surface area contributed by atoms with E-state index in [9.17, 15) is 4.79 Å². The zero-order valence-corrected chi connectivity index (χ0v) is 10.3. The average Bonchev–Trinajstić information content (AvgIpc) is 2.17. The molecule has 1 aromatic heterocycles. The fourth-order valence-corrected chi connectivity index (χ4v) is 1.42. The normalized spacial score (nSPS) is 10.3. The van der Waals surface area contributed by atoms with Gasteiger partial charge in [-0.15, -0.1) is 0 Å². The molecule has 0 bridgehead atoms. The summed E-state index contributed by atoms with van der Waals surface area (Å²) in [4.78, 5) is 16.0. The molecule has 1 aromatic rings. The van der Waals surface area contributed by atoms with E-state index in [1.807, 2.05) is 33.8 Å². The van der Waals surface area contributed by atoms with Crippen molar-refractivity contribution in [1.29, 1.82) is 0 Å². The molecule has 0 aliphatic rings. The fraction of sp³-hybridized carbons (Fsp3) is 0.500. The quantitative estimate of drug-likeness (QED) is 0.817. The molecule has 16 heavy (non-hydrogen) atoms. The van der Waals surface area contributed by atoms with Crippen molar-refractivity contribution >= 4 is 11.6 Å². The number of hydrogen-bond acceptors (Lipinski definition) is 3. The third-order valence-corrected chi connectivity index (χ3v) is 2.07. The molecule has 1 rings (SSSR count). The Bertz CT molecular complexity index is 375. The Morgan fingerprint density at radius 1 is 1.50 bits per heavy atom. The molecule has 1 amide bonds. The predicted molar refractivity (Wildman–Crippen MR) is 65.7 cm³/mol. The Hall–Kier alpha value is -1.58. The van der Waals surface area contributed by atoms with Crippen LogP contribution in [0.2, 0.25) is 0 Å². The Morgan fingerprint density at radius 2 is 2.19 bits per heavy atom. The van der Waals surface area contributed by atoms with E-state index in [-0.39, 0.29) is 11.9 Å². The maximum atomic E-state index is 11.9. The molecule has 1 heterocycles. The van der Waals surface area contributed by atoms with E-state index in [2.05, 4.69) is 15.6 Å². The maximum absolute atomic E-state index is 11.9. The average molecular weight is 221 g/mol. The molecule has 0 spiro atoms. The highest BCUT2D eigenvalue weighted by Gasteiger charge is 2.12. The lowest BCUT2D eigenvalue weighted by Crippen LogP contribution is -2.30. The number of nitrogens with one attached hydrogen (secondary N) is 2. The number of carbonyl (C=O) groups is 1. The lowest BCUT2D eigenvalue weighted by atomic mass is 10.2. The predicted octanol–water partition coefficient (Wildman–Crippen LogP) is 1.96. The van der Waals surface area contributed by atoms with Crippen molar-refractivity contribution in [2.75, 3.05) is 11.9 Å². The second-order valence-corrected chi connectivity index (χ2v) is 4.03. The lowest BCUT2D eigenvalue weighted by Gasteiger charge is -2.13. The van der Waals surface area contributed by atoms with Gasteiger partial charge in [-0.25, -0.2) is 0 Å². The summed E-state index contributed by atoms with van der Waals surface area (Å²) >= 11 is 0. The van der Waals surface area contributed by atoms with Crippen molar-refractivity contribution in [2.24, 2.45) is 0 Å². The van der Waals surface area contributed by atoms with Crippen LogP contribution in [-0.2, 0) is 0 Å². The van der Waals surface area contributed by atoms with Crippen LogP contribution in [0, 0.1) is 6.92 Å². The Kier molecular flexibility index (Phi) is 4.28. The van der Waals surface area contributed by atoms with Gasteiger partial charge in [0.1, 0.15) is 0 Å². The highest BCUT2D eigenvalue weighted by molar-refractivity contribution is 5.99. The van der Waals surface area contributed by atoms with Gasteiger partial charge in [-0.3, -0.25) is 9.78 Å². The second kappa shape index (κ2) is 5.49. The van der Waals surface area contributed by atoms with Gasteiger partial charge in [0.15, 0.2) is 0 Å². The Labute approximate surface area is 96.5 Å². The molecule has 88 valence electrons. The molecule has 0 aliphatic carbocycles. The van der Waals surface area contributed by atoms with Gasteiger partial charge in [0.25, 0.3) is 5.91 Å². The van der Waals surface area contributed by atoms with Crippen LogP contribution in [0.4, 0.5) is 5.69 Å². The van der Waals surface area contributed by atoms with Crippen LogP contribution < -0.4 is 10.6 Å². The van der Waals surface area contributed by atoms with Crippen molar-refractivity contribution in [1.82, 2.24) is 10.3 Å². The first-order valence-electron chi connectivity index (χ1n) is 5.56. The van der Waals surface area contributed by atoms with Crippen LogP contribution in [0.3, 0.4) is 0 Å². The number of anilines is 1. The first-order valence-corrected chi connectivity index (χ1v) is 5.56. The molecule has 2 N–H and O–H groups in total. The van der Waals surface area contributed by atoms with Crippen LogP contribution in [0.25, 0.3) is 0 Å². The Morgan fingerprint density at radius 3 is 2.75 bits per heavy atom. The molecule has 0 saturated carbocycles. The maximum Gasteiger partial charge on any atom is 0.255 e. The summed E-state index contributed by atoms with van der Waals surface area (Å²) in [6.07, 6.45) is 1.62. The van der Waals surface area contributed by atoms with Gasteiger partial charge < -0.3 is 10.6 Å². The number of nitrogens with zero attached hydrogens (tertiary/aromatic N) is 1. The number of aryl methyl sites for hydroxylation is 1. The summed E-state index contributed by atoms with van der Waals surface area (Å²) in [5.41, 5.74) is 2.34. The Balaban J connectivity index is 2.97. The van der Waals surface area contributed by atoms with E-state index >= 15 is 0 Å². The summed E-state index contributed by atoms with van der Waals surface area (Å²) in [5.74, 6) is -0.0848. The van der Waals surface area contributed by atoms with E-state index in [0.29, 0.717) is 5.56 Å². The van der Waals surface area contributed by atoms with E-state index in [1.54, 1.807) is 6.20 Å². The van der Waals surface area contributed by atoms with Gasteiger partial charge in [-0.1, -0.05) is 0 Å². The van der Waals surface area contributed by atoms with Crippen molar-refractivity contribution in [3.8, 4) is 0 Å². The fourth-order valence-electron chi connectivity index (χ4n) is 1.42. The zero-order valence-electron chi connectivity index (χ0n) is 10.3. The van der Waals surface area contributed by atoms with E-state index in [1.165, 1.54) is 0 Å². The third-order valence-electron chi connectivity index (χ3n) is 2.07. The summed E-state index contributed by atoms with van der Waals surface area (Å²) in [6, 6.07) is 2.02. The molecule has 0 radical (unpaired) electrons. The van der Waals surface area contributed by atoms with Gasteiger partial charge in [0.05, 0.1) is 11.3 Å². The summed E-state index contributed by atoms with van der Waals surface area (Å²) in [5, 5.41) is 6.03. The minimum absolute atomic E-state index is 0.0848. The minimum atomic E-state index is -0.0848. The van der Waals surface area contributed by atoms with Crippen molar-refractivity contribution in [3.63, 3.8) is 0 Å². The van der Waals surface area contributed by atoms with Crippen LogP contribution in [0.1, 0.15) is 36.8 Å². The molecule has 0 fully saturated rings. The molecule has 4 heteroatoms. The van der Waals surface area contributed by atoms with Gasteiger partial charge in [0, 0.05) is 24.5 Å². The summed E-state index contributed by atoms with van der Waals surface area (Å²) in [6.45, 7) is 8.56. The molecule has 4 nitrogen and oxygen atoms in total. The van der Waals surface area contributed by atoms with Crippen LogP contribution in [-0.4, -0.2) is 23.5 Å². The zero-order chi connectivity index (χ0) is 12.1. The minimum Gasteiger partial charge on any atom is -0.385 e. The first-order chi connectivity index (χ1) is 7.54. The van der Waals surface area contributed by atoms with Crippen molar-refractivity contribution < 1.29 is 4.79 Å². The summed E-state index contributed by atoms with van der Waals surface area (Å²) < 4.78 is 0. The van der Waals surface area contributed by atoms with Crippen LogP contribution in [0.5, 0.6) is 0 Å². The highest BCUT2D eigenvalue weighted by atomic mass is 16.1. The highest BCUT2D eigenvalue weighted by Crippen LogP contribution is 2.15. The van der Waals surface area contributed by atoms with Gasteiger partial charge >= 0.3 is 0 Å². The molecule has 0 aliphatic heterocycles. The van der Waals surface area contributed by atoms with Gasteiger partial charge in [-0.2, -0.15) is 0 Å². The lowest BCUT2D eigenvalue weighted by molar-refractivity contribution is 0.0943. The molecular weight excluding hydrogens is 202 g/mol. The standard InChI is InChI=1S/C12H19N3O/c1-5-13-11-6-9(4)14-7-10(11)12(16)15-8(2)3/h6-8H,5H2,1-4H3,(H,13,14)(H,15,16). The number of hydrogen-bond donors (Lipinski definition) is 2. The second-order valence-electron chi connectivity index (χ2n) is 4.03. The molecule has 0 atom stereocenters. The topological polar surface area (TPSA) is 54.0 Å². The van der Waals surface area contributed by atoms with Crippen LogP contribution in [0.15, 0.2) is 12.3 Å². The monoisotopic (exact) mass is 221 g/mol. The SMILES string of the molecule is CCNc1cc(C)ncc1C(=O)NC(C)C. The van der Waals surface area contributed by atoms with Crippen LogP contribution >= 0.6 is 0 Å². The first kappa shape index (κ1) is 12.5. The van der Waals surface area contributed by atoms with E-state index < -0.39 is 0 Å². The molecule has 0 aromatic carbocycles. The molecule has 0 saturated heterocycles. The summed E-state index contributed by atoms with van der Waals surface area (Å²) in [7, 11) is 0. The smallest absolute Gasteiger partial charge is 0.255 e. The molecule has 0 unspecified atom stereocenters. The van der Waals surface area contributed by atoms with Crippen molar-refractivity contribution in [3.05, 3.63) is 23.5 Å². The van der Waals surface area contributed by atoms with Gasteiger partial charge in [0.2, 0.25) is 0 Å². The van der Waals surface area contributed by atoms with E-state index in [4.69, 9.17) is 0 Å². The number of aromatic nitrogens is 1.